The van der Waals surface area contributed by atoms with E-state index in [0.29, 0.717) is 30.0 Å². The summed E-state index contributed by atoms with van der Waals surface area (Å²) in [6.07, 6.45) is 2.88. The normalized spacial score (nSPS) is 9.60. The molecule has 0 fully saturated rings. The molecule has 0 aromatic carbocycles. The first-order valence-corrected chi connectivity index (χ1v) is 15.6. The second-order valence-electron chi connectivity index (χ2n) is 12.9. The van der Waals surface area contributed by atoms with E-state index >= 15 is 0 Å². The van der Waals surface area contributed by atoms with E-state index in [-0.39, 0.29) is 47.0 Å². The van der Waals surface area contributed by atoms with Gasteiger partial charge in [0.15, 0.2) is 0 Å². The Kier molecular flexibility index (Phi) is 42.2. The summed E-state index contributed by atoms with van der Waals surface area (Å²) in [5, 5.41) is 0. The number of amides is 1. The number of esters is 1. The number of ketones is 4. The van der Waals surface area contributed by atoms with E-state index in [4.69, 9.17) is 0 Å². The molecule has 0 atom stereocenters. The first kappa shape index (κ1) is 53.2. The third-order valence-electron chi connectivity index (χ3n) is 4.84. The molecule has 43 heavy (non-hydrogen) atoms. The molecule has 1 amide bonds. The fourth-order valence-corrected chi connectivity index (χ4v) is 2.50. The molecule has 258 valence electrons. The summed E-state index contributed by atoms with van der Waals surface area (Å²) in [6, 6.07) is 0. The maximum Gasteiger partial charge on any atom is 0.308 e. The highest BCUT2D eigenvalue weighted by Gasteiger charge is 2.07. The zero-order chi connectivity index (χ0) is 36.0. The van der Waals surface area contributed by atoms with Gasteiger partial charge in [-0.15, -0.1) is 0 Å². The maximum atomic E-state index is 10.8. The zero-order valence-corrected chi connectivity index (χ0v) is 31.6. The molecule has 0 heterocycles. The zero-order valence-electron chi connectivity index (χ0n) is 31.6. The maximum absolute atomic E-state index is 10.8. The van der Waals surface area contributed by atoms with E-state index in [2.05, 4.69) is 18.6 Å². The molecule has 0 bridgehead atoms. The van der Waals surface area contributed by atoms with Gasteiger partial charge in [0.2, 0.25) is 5.91 Å². The van der Waals surface area contributed by atoms with Crippen LogP contribution in [0, 0.1) is 35.5 Å². The van der Waals surface area contributed by atoms with Crippen LogP contribution in [0.15, 0.2) is 0 Å². The van der Waals surface area contributed by atoms with E-state index < -0.39 is 0 Å². The number of hydrogen-bond acceptors (Lipinski definition) is 7. The van der Waals surface area contributed by atoms with Crippen LogP contribution in [0.25, 0.3) is 0 Å². The third kappa shape index (κ3) is 63.9. The Labute approximate surface area is 266 Å². The first-order valence-electron chi connectivity index (χ1n) is 15.6. The number of ether oxygens (including phenoxy) is 1. The van der Waals surface area contributed by atoms with Crippen LogP contribution < -0.4 is 0 Å². The molecule has 0 aliphatic heterocycles. The van der Waals surface area contributed by atoms with E-state index in [1.807, 2.05) is 62.3 Å². The van der Waals surface area contributed by atoms with E-state index in [9.17, 15) is 28.8 Å². The minimum absolute atomic E-state index is 0.00463. The van der Waals surface area contributed by atoms with E-state index in [1.54, 1.807) is 53.6 Å². The highest BCUT2D eigenvalue weighted by Crippen LogP contribution is 2.01. The van der Waals surface area contributed by atoms with Gasteiger partial charge in [-0.2, -0.15) is 0 Å². The molecule has 0 aromatic rings. The smallest absolute Gasteiger partial charge is 0.308 e. The second kappa shape index (κ2) is 34.1. The molecule has 0 radical (unpaired) electrons. The molecule has 0 unspecified atom stereocenters. The number of carbonyl (C=O) groups excluding carboxylic acids is 6. The Balaban J connectivity index is -0.0000000957. The summed E-state index contributed by atoms with van der Waals surface area (Å²) in [5.41, 5.74) is 0. The molecular weight excluding hydrogens is 546 g/mol. The van der Waals surface area contributed by atoms with Gasteiger partial charge in [0.25, 0.3) is 0 Å². The van der Waals surface area contributed by atoms with Crippen LogP contribution >= 0.6 is 0 Å². The van der Waals surface area contributed by atoms with E-state index in [1.165, 1.54) is 7.11 Å². The minimum Gasteiger partial charge on any atom is -0.469 e. The molecule has 8 heteroatoms. The molecule has 0 N–H and O–H groups in total. The molecule has 0 rings (SSSR count). The molecule has 0 saturated carbocycles. The number of methoxy groups -OCH3 is 1. The van der Waals surface area contributed by atoms with Crippen molar-refractivity contribution < 1.29 is 33.5 Å². The molecular formula is C35H71NO7. The SMILES string of the molecule is CC(=O)C(C)C.CC(=O)CC(C)C.CC(=O)CC(C)C.CC(C)C(=O)N(C)C.CCC(=O)CC(C)C.COC(=O)C(C)C. The largest absolute Gasteiger partial charge is 0.469 e. The van der Waals surface area contributed by atoms with Crippen molar-refractivity contribution in [2.45, 2.75) is 136 Å². The molecule has 0 aromatic heterocycles. The highest BCUT2D eigenvalue weighted by molar-refractivity contribution is 5.78. The number of hydrogen-bond donors (Lipinski definition) is 0. The van der Waals surface area contributed by atoms with Gasteiger partial charge in [0.05, 0.1) is 13.0 Å². The van der Waals surface area contributed by atoms with Crippen LogP contribution in [0.5, 0.6) is 0 Å². The number of nitrogens with zero attached hydrogens (tertiary/aromatic N) is 1. The fourth-order valence-electron chi connectivity index (χ4n) is 2.50. The standard InChI is InChI=1S/C7H14O.C6H13NO.2C6H12O.C5H10O2.C5H10O/c1-4-7(8)5-6(2)3;1-5(2)6(8)7(3)4;2*1-5(2)4-6(3)7;1-4(2)5(6)7-3;1-4(2)5(3)6/h6H,4-5H2,1-3H3;5H,1-4H3;2*5H,4H2,1-3H3;4H,1-3H3;4H,1-3H3. The van der Waals surface area contributed by atoms with Crippen molar-refractivity contribution in [3.8, 4) is 0 Å². The van der Waals surface area contributed by atoms with Gasteiger partial charge in [-0.1, -0.05) is 90.0 Å². The lowest BCUT2D eigenvalue weighted by Crippen LogP contribution is -2.26. The Bertz CT molecular complexity index is 704. The molecule has 0 saturated heterocycles. The summed E-state index contributed by atoms with van der Waals surface area (Å²) in [4.78, 5) is 63.9. The number of Topliss-reactive ketones (excluding diaryl/α,β-unsaturated/α-hetero) is 4. The predicted octanol–water partition coefficient (Wildman–Crippen LogP) is 8.03. The summed E-state index contributed by atoms with van der Waals surface area (Å²) in [7, 11) is 4.92. The summed E-state index contributed by atoms with van der Waals surface area (Å²) in [6.45, 7) is 30.2. The Morgan fingerprint density at radius 3 is 0.884 bits per heavy atom. The van der Waals surface area contributed by atoms with Gasteiger partial charge in [-0.3, -0.25) is 19.2 Å². The molecule has 0 aliphatic rings. The van der Waals surface area contributed by atoms with Crippen molar-refractivity contribution >= 4 is 35.0 Å². The first-order chi connectivity index (χ1) is 19.3. The summed E-state index contributed by atoms with van der Waals surface area (Å²) < 4.78 is 4.37. The molecule has 8 nitrogen and oxygen atoms in total. The average molecular weight is 618 g/mol. The van der Waals surface area contributed by atoms with Gasteiger partial charge in [-0.25, -0.2) is 0 Å². The summed E-state index contributed by atoms with van der Waals surface area (Å²) in [5.74, 6) is 3.17. The predicted molar refractivity (Wildman–Crippen MR) is 181 cm³/mol. The Morgan fingerprint density at radius 2 is 0.860 bits per heavy atom. The van der Waals surface area contributed by atoms with Gasteiger partial charge in [0, 0.05) is 51.6 Å². The molecule has 0 spiro atoms. The van der Waals surface area contributed by atoms with Gasteiger partial charge < -0.3 is 19.2 Å². The lowest BCUT2D eigenvalue weighted by atomic mass is 10.1. The third-order valence-corrected chi connectivity index (χ3v) is 4.84. The minimum atomic E-state index is -0.153. The van der Waals surface area contributed by atoms with Crippen LogP contribution in [-0.2, 0) is 33.5 Å². The quantitative estimate of drug-likeness (QED) is 0.228. The van der Waals surface area contributed by atoms with Crippen molar-refractivity contribution in [2.75, 3.05) is 21.2 Å². The van der Waals surface area contributed by atoms with Gasteiger partial charge in [0.1, 0.15) is 23.1 Å². The average Bonchev–Trinajstić information content (AvgIpc) is 2.82. The van der Waals surface area contributed by atoms with Crippen LogP contribution in [-0.4, -0.2) is 61.1 Å². The van der Waals surface area contributed by atoms with Crippen LogP contribution in [0.4, 0.5) is 0 Å². The number of carbonyl (C=O) groups is 6. The van der Waals surface area contributed by atoms with Crippen LogP contribution in [0.3, 0.4) is 0 Å². The Morgan fingerprint density at radius 1 is 0.558 bits per heavy atom. The summed E-state index contributed by atoms with van der Waals surface area (Å²) >= 11 is 0. The van der Waals surface area contributed by atoms with Crippen molar-refractivity contribution in [1.29, 1.82) is 0 Å². The van der Waals surface area contributed by atoms with Crippen LogP contribution in [0.1, 0.15) is 136 Å². The Hall–Kier alpha value is -2.38. The monoisotopic (exact) mass is 618 g/mol. The molecule has 0 aliphatic carbocycles. The number of rotatable bonds is 10. The van der Waals surface area contributed by atoms with Crippen molar-refractivity contribution in [1.82, 2.24) is 4.90 Å². The van der Waals surface area contributed by atoms with Gasteiger partial charge in [-0.05, 0) is 38.5 Å². The second-order valence-corrected chi connectivity index (χ2v) is 12.9. The fraction of sp³-hybridized carbons (Fsp3) is 0.829. The highest BCUT2D eigenvalue weighted by atomic mass is 16.5. The lowest BCUT2D eigenvalue weighted by molar-refractivity contribution is -0.144. The van der Waals surface area contributed by atoms with Crippen molar-refractivity contribution in [3.63, 3.8) is 0 Å². The lowest BCUT2D eigenvalue weighted by Gasteiger charge is -2.11. The van der Waals surface area contributed by atoms with Crippen molar-refractivity contribution in [2.24, 2.45) is 35.5 Å². The van der Waals surface area contributed by atoms with E-state index in [0.717, 1.165) is 19.3 Å². The van der Waals surface area contributed by atoms with Gasteiger partial charge >= 0.3 is 5.97 Å². The van der Waals surface area contributed by atoms with Crippen molar-refractivity contribution in [3.05, 3.63) is 0 Å². The van der Waals surface area contributed by atoms with Crippen LogP contribution in [0.2, 0.25) is 0 Å². The topological polar surface area (TPSA) is 115 Å².